The van der Waals surface area contributed by atoms with E-state index in [-0.39, 0.29) is 11.3 Å². The summed E-state index contributed by atoms with van der Waals surface area (Å²) in [4.78, 5) is 22.4. The van der Waals surface area contributed by atoms with Gasteiger partial charge in [0.25, 0.3) is 5.69 Å². The summed E-state index contributed by atoms with van der Waals surface area (Å²) in [6, 6.07) is 10.6. The van der Waals surface area contributed by atoms with Gasteiger partial charge < -0.3 is 0 Å². The maximum atomic E-state index is 12.1. The molecule has 0 spiro atoms. The lowest BCUT2D eigenvalue weighted by Gasteiger charge is -2.00. The molecule has 0 heterocycles. The van der Waals surface area contributed by atoms with Crippen molar-refractivity contribution in [2.45, 2.75) is 0 Å². The Morgan fingerprint density at radius 2 is 1.86 bits per heavy atom. The molecule has 0 atom stereocenters. The molecule has 21 heavy (non-hydrogen) atoms. The fourth-order valence-corrected chi connectivity index (χ4v) is 2.20. The number of nitro benzene ring substituents is 1. The Morgan fingerprint density at radius 1 is 1.14 bits per heavy atom. The van der Waals surface area contributed by atoms with Gasteiger partial charge in [-0.15, -0.1) is 0 Å². The zero-order chi connectivity index (χ0) is 15.4. The van der Waals surface area contributed by atoms with Crippen LogP contribution in [0.5, 0.6) is 0 Å². The van der Waals surface area contributed by atoms with Crippen LogP contribution in [0.4, 0.5) is 5.69 Å². The number of halogens is 2. The van der Waals surface area contributed by atoms with Gasteiger partial charge in [0.05, 0.1) is 10.5 Å². The highest BCUT2D eigenvalue weighted by Crippen LogP contribution is 2.23. The number of benzene rings is 2. The summed E-state index contributed by atoms with van der Waals surface area (Å²) in [6.07, 6.45) is 2.75. The molecular weight excluding hydrogens is 313 g/mol. The minimum Gasteiger partial charge on any atom is -0.289 e. The summed E-state index contributed by atoms with van der Waals surface area (Å²) in [5.74, 6) is -0.465. The number of allylic oxidation sites excluding steroid dienone is 1. The van der Waals surface area contributed by atoms with Crippen LogP contribution in [0.1, 0.15) is 15.9 Å². The molecule has 0 saturated heterocycles. The summed E-state index contributed by atoms with van der Waals surface area (Å²) in [6.45, 7) is 0. The predicted molar refractivity (Wildman–Crippen MR) is 82.9 cm³/mol. The first-order valence-corrected chi connectivity index (χ1v) is 6.65. The lowest BCUT2D eigenvalue weighted by molar-refractivity contribution is -0.385. The molecule has 0 aromatic heterocycles. The second-order valence-corrected chi connectivity index (χ2v) is 4.98. The molecule has 0 unspecified atom stereocenters. The summed E-state index contributed by atoms with van der Waals surface area (Å²) in [5, 5.41) is 11.8. The van der Waals surface area contributed by atoms with E-state index in [9.17, 15) is 14.9 Å². The highest BCUT2D eigenvalue weighted by atomic mass is 35.5. The summed E-state index contributed by atoms with van der Waals surface area (Å²) >= 11 is 11.8. The van der Waals surface area contributed by atoms with E-state index in [0.29, 0.717) is 15.6 Å². The number of carbonyl (C=O) groups is 1. The zero-order valence-corrected chi connectivity index (χ0v) is 12.1. The number of ketones is 1. The number of nitro groups is 1. The number of carbonyl (C=O) groups excluding carboxylic acids is 1. The fraction of sp³-hybridized carbons (Fsp3) is 0. The van der Waals surface area contributed by atoms with E-state index in [0.717, 1.165) is 0 Å². The molecule has 0 aliphatic heterocycles. The molecule has 106 valence electrons. The third-order valence-electron chi connectivity index (χ3n) is 2.74. The van der Waals surface area contributed by atoms with Crippen LogP contribution in [-0.2, 0) is 0 Å². The molecule has 2 aromatic rings. The molecule has 0 saturated carbocycles. The maximum Gasteiger partial charge on any atom is 0.280 e. The van der Waals surface area contributed by atoms with E-state index < -0.39 is 10.7 Å². The average molecular weight is 322 g/mol. The monoisotopic (exact) mass is 321 g/mol. The standard InChI is InChI=1S/C15H9Cl2NO3/c16-11-7-5-10(13(17)9-11)6-8-15(19)12-3-1-2-4-14(12)18(20)21/h1-9H. The van der Waals surface area contributed by atoms with Crippen molar-refractivity contribution in [3.05, 3.63) is 79.8 Å². The van der Waals surface area contributed by atoms with Crippen LogP contribution < -0.4 is 0 Å². The molecule has 0 bridgehead atoms. The first-order chi connectivity index (χ1) is 9.99. The average Bonchev–Trinajstić information content (AvgIpc) is 2.46. The minimum atomic E-state index is -0.587. The topological polar surface area (TPSA) is 60.2 Å². The van der Waals surface area contributed by atoms with Gasteiger partial charge in [-0.1, -0.05) is 41.4 Å². The molecule has 0 aliphatic rings. The van der Waals surface area contributed by atoms with Gasteiger partial charge >= 0.3 is 0 Å². The molecule has 4 nitrogen and oxygen atoms in total. The van der Waals surface area contributed by atoms with Crippen molar-refractivity contribution in [2.24, 2.45) is 0 Å². The first-order valence-electron chi connectivity index (χ1n) is 5.90. The second-order valence-electron chi connectivity index (χ2n) is 4.14. The van der Waals surface area contributed by atoms with Crippen molar-refractivity contribution in [2.75, 3.05) is 0 Å². The van der Waals surface area contributed by atoms with Gasteiger partial charge in [0.2, 0.25) is 0 Å². The highest BCUT2D eigenvalue weighted by Gasteiger charge is 2.16. The molecule has 0 N–H and O–H groups in total. The lowest BCUT2D eigenvalue weighted by Crippen LogP contribution is -2.00. The Hall–Kier alpha value is -2.17. The number of nitrogens with zero attached hydrogens (tertiary/aromatic N) is 1. The van der Waals surface area contributed by atoms with Crippen molar-refractivity contribution in [1.82, 2.24) is 0 Å². The lowest BCUT2D eigenvalue weighted by atomic mass is 10.1. The van der Waals surface area contributed by atoms with Crippen molar-refractivity contribution in [3.8, 4) is 0 Å². The Morgan fingerprint density at radius 3 is 2.52 bits per heavy atom. The van der Waals surface area contributed by atoms with Crippen LogP contribution >= 0.6 is 23.2 Å². The van der Waals surface area contributed by atoms with E-state index in [1.165, 1.54) is 30.4 Å². The number of rotatable bonds is 4. The van der Waals surface area contributed by atoms with Gasteiger partial charge in [0, 0.05) is 16.1 Å². The molecule has 0 radical (unpaired) electrons. The SMILES string of the molecule is O=C(C=Cc1ccc(Cl)cc1Cl)c1ccccc1[N+](=O)[O-]. The maximum absolute atomic E-state index is 12.1. The van der Waals surface area contributed by atoms with E-state index in [4.69, 9.17) is 23.2 Å². The number of hydrogen-bond donors (Lipinski definition) is 0. The van der Waals surface area contributed by atoms with Gasteiger partial charge in [-0.05, 0) is 35.9 Å². The van der Waals surface area contributed by atoms with Crippen LogP contribution in [0, 0.1) is 10.1 Å². The van der Waals surface area contributed by atoms with Gasteiger partial charge in [0.15, 0.2) is 5.78 Å². The molecule has 0 amide bonds. The second kappa shape index (κ2) is 6.52. The Kier molecular flexibility index (Phi) is 4.73. The summed E-state index contributed by atoms with van der Waals surface area (Å²) < 4.78 is 0. The van der Waals surface area contributed by atoms with E-state index in [2.05, 4.69) is 0 Å². The van der Waals surface area contributed by atoms with Gasteiger partial charge in [-0.2, -0.15) is 0 Å². The Bertz CT molecular complexity index is 741. The largest absolute Gasteiger partial charge is 0.289 e. The van der Waals surface area contributed by atoms with Crippen molar-refractivity contribution >= 4 is 40.7 Å². The third kappa shape index (κ3) is 3.68. The normalized spacial score (nSPS) is 10.8. The van der Waals surface area contributed by atoms with Crippen molar-refractivity contribution in [1.29, 1.82) is 0 Å². The first kappa shape index (κ1) is 15.2. The Balaban J connectivity index is 2.30. The summed E-state index contributed by atoms with van der Waals surface area (Å²) in [7, 11) is 0. The van der Waals surface area contributed by atoms with Crippen LogP contribution in [0.25, 0.3) is 6.08 Å². The van der Waals surface area contributed by atoms with E-state index in [1.807, 2.05) is 0 Å². The summed E-state index contributed by atoms with van der Waals surface area (Å²) in [5.41, 5.74) is 0.409. The molecule has 2 aromatic carbocycles. The number of hydrogen-bond acceptors (Lipinski definition) is 3. The van der Waals surface area contributed by atoms with Crippen LogP contribution in [0.3, 0.4) is 0 Å². The molecular formula is C15H9Cl2NO3. The predicted octanol–water partition coefficient (Wildman–Crippen LogP) is 4.80. The van der Waals surface area contributed by atoms with Gasteiger partial charge in [-0.25, -0.2) is 0 Å². The minimum absolute atomic E-state index is 0.0313. The van der Waals surface area contributed by atoms with Gasteiger partial charge in [-0.3, -0.25) is 14.9 Å². The molecule has 0 aliphatic carbocycles. The molecule has 2 rings (SSSR count). The molecule has 0 fully saturated rings. The van der Waals surface area contributed by atoms with Crippen LogP contribution in [0.15, 0.2) is 48.5 Å². The smallest absolute Gasteiger partial charge is 0.280 e. The van der Waals surface area contributed by atoms with Crippen LogP contribution in [0.2, 0.25) is 10.0 Å². The zero-order valence-electron chi connectivity index (χ0n) is 10.6. The molecule has 6 heteroatoms. The fourth-order valence-electron chi connectivity index (χ4n) is 1.73. The third-order valence-corrected chi connectivity index (χ3v) is 3.31. The van der Waals surface area contributed by atoms with Gasteiger partial charge in [0.1, 0.15) is 0 Å². The van der Waals surface area contributed by atoms with Crippen molar-refractivity contribution < 1.29 is 9.72 Å². The Labute approximate surface area is 130 Å². The van der Waals surface area contributed by atoms with Crippen LogP contribution in [-0.4, -0.2) is 10.7 Å². The van der Waals surface area contributed by atoms with E-state index >= 15 is 0 Å². The number of para-hydroxylation sites is 1. The van der Waals surface area contributed by atoms with Crippen molar-refractivity contribution in [3.63, 3.8) is 0 Å². The quantitative estimate of drug-likeness (QED) is 0.352. The highest BCUT2D eigenvalue weighted by molar-refractivity contribution is 6.35. The van der Waals surface area contributed by atoms with E-state index in [1.54, 1.807) is 24.3 Å².